The van der Waals surface area contributed by atoms with E-state index in [1.54, 1.807) is 24.3 Å². The average molecular weight is 418 g/mol. The first kappa shape index (κ1) is 20.5. The summed E-state index contributed by atoms with van der Waals surface area (Å²) >= 11 is 0. The fourth-order valence-corrected chi connectivity index (χ4v) is 6.48. The van der Waals surface area contributed by atoms with Crippen molar-refractivity contribution in [1.29, 1.82) is 0 Å². The zero-order valence-corrected chi connectivity index (χ0v) is 18.1. The van der Waals surface area contributed by atoms with E-state index in [0.29, 0.717) is 11.4 Å². The molecule has 6 heteroatoms. The molecule has 1 N–H and O–H groups in total. The molecule has 1 aromatic carbocycles. The first-order chi connectivity index (χ1) is 13.7. The zero-order valence-electron chi connectivity index (χ0n) is 17.3. The van der Waals surface area contributed by atoms with Gasteiger partial charge < -0.3 is 10.1 Å². The standard InChI is InChI=1S/C23H31NO4S/c1-16(23-13-17-9-18(14-23)11-19(10-17)15-23)8-22(25)24-20-4-3-5-21(12-20)28-6-7-29(2,26)27/h3-5,8,12,17-19H,6-7,9-11,13-15H2,1-2H3,(H,24,25)/b16-8-. The zero-order chi connectivity index (χ0) is 20.6. The van der Waals surface area contributed by atoms with E-state index in [4.69, 9.17) is 4.74 Å². The number of benzene rings is 1. The summed E-state index contributed by atoms with van der Waals surface area (Å²) in [5.41, 5.74) is 2.12. The van der Waals surface area contributed by atoms with Crippen LogP contribution in [0, 0.1) is 23.2 Å². The lowest BCUT2D eigenvalue weighted by Crippen LogP contribution is -2.46. The Kier molecular flexibility index (Phi) is 5.49. The Morgan fingerprint density at radius 2 is 1.79 bits per heavy atom. The Labute approximate surface area is 173 Å². The summed E-state index contributed by atoms with van der Waals surface area (Å²) in [5.74, 6) is 2.98. The highest BCUT2D eigenvalue weighted by molar-refractivity contribution is 7.90. The Bertz CT molecular complexity index is 883. The van der Waals surface area contributed by atoms with Crippen LogP contribution in [-0.2, 0) is 14.6 Å². The minimum absolute atomic E-state index is 0.0312. The molecule has 0 spiro atoms. The molecule has 4 aliphatic rings. The lowest BCUT2D eigenvalue weighted by atomic mass is 9.48. The third-order valence-corrected chi connectivity index (χ3v) is 7.96. The number of carbonyl (C=O) groups is 1. The van der Waals surface area contributed by atoms with E-state index >= 15 is 0 Å². The summed E-state index contributed by atoms with van der Waals surface area (Å²) in [6.45, 7) is 2.23. The maximum atomic E-state index is 12.7. The molecule has 0 aromatic heterocycles. The van der Waals surface area contributed by atoms with Gasteiger partial charge in [-0.15, -0.1) is 0 Å². The van der Waals surface area contributed by atoms with Crippen LogP contribution in [-0.4, -0.2) is 32.9 Å². The highest BCUT2D eigenvalue weighted by Crippen LogP contribution is 2.62. The fraction of sp³-hybridized carbons (Fsp3) is 0.609. The summed E-state index contributed by atoms with van der Waals surface area (Å²) in [5, 5.41) is 2.94. The second kappa shape index (κ2) is 7.78. The molecule has 29 heavy (non-hydrogen) atoms. The summed E-state index contributed by atoms with van der Waals surface area (Å²) in [7, 11) is -3.06. The number of sulfone groups is 1. The van der Waals surface area contributed by atoms with E-state index in [2.05, 4.69) is 12.2 Å². The number of allylic oxidation sites excluding steroid dienone is 1. The van der Waals surface area contributed by atoms with Crippen molar-refractivity contribution in [2.75, 3.05) is 23.9 Å². The van der Waals surface area contributed by atoms with Crippen molar-refractivity contribution in [2.45, 2.75) is 45.4 Å². The first-order valence-corrected chi connectivity index (χ1v) is 12.7. The molecule has 0 radical (unpaired) electrons. The van der Waals surface area contributed by atoms with Crippen molar-refractivity contribution in [1.82, 2.24) is 0 Å². The first-order valence-electron chi connectivity index (χ1n) is 10.6. The number of anilines is 1. The SMILES string of the molecule is C/C(=C/C(=O)Nc1cccc(OCCS(C)(=O)=O)c1)C12CC3CC(CC(C3)C1)C2. The lowest BCUT2D eigenvalue weighted by molar-refractivity contribution is -0.112. The maximum Gasteiger partial charge on any atom is 0.248 e. The van der Waals surface area contributed by atoms with Crippen molar-refractivity contribution in [3.05, 3.63) is 35.9 Å². The van der Waals surface area contributed by atoms with Crippen LogP contribution in [0.15, 0.2) is 35.9 Å². The molecule has 4 aliphatic carbocycles. The van der Waals surface area contributed by atoms with Gasteiger partial charge in [0.25, 0.3) is 0 Å². The normalized spacial score (nSPS) is 31.0. The van der Waals surface area contributed by atoms with Crippen LogP contribution in [0.5, 0.6) is 5.75 Å². The van der Waals surface area contributed by atoms with E-state index in [1.165, 1.54) is 50.4 Å². The summed E-state index contributed by atoms with van der Waals surface area (Å²) < 4.78 is 27.9. The van der Waals surface area contributed by atoms with Crippen molar-refractivity contribution in [3.8, 4) is 5.75 Å². The van der Waals surface area contributed by atoms with Crippen LogP contribution in [0.3, 0.4) is 0 Å². The smallest absolute Gasteiger partial charge is 0.248 e. The number of rotatable bonds is 7. The molecule has 0 aliphatic heterocycles. The number of nitrogens with one attached hydrogen (secondary N) is 1. The lowest BCUT2D eigenvalue weighted by Gasteiger charge is -2.57. The predicted molar refractivity (Wildman–Crippen MR) is 115 cm³/mol. The molecule has 4 bridgehead atoms. The summed E-state index contributed by atoms with van der Waals surface area (Å²) in [6.07, 6.45) is 10.9. The molecule has 0 unspecified atom stereocenters. The monoisotopic (exact) mass is 417 g/mol. The quantitative estimate of drug-likeness (QED) is 0.675. The molecule has 158 valence electrons. The fourth-order valence-electron chi connectivity index (χ4n) is 6.10. The van der Waals surface area contributed by atoms with Gasteiger partial charge in [0.1, 0.15) is 12.4 Å². The van der Waals surface area contributed by atoms with Crippen molar-refractivity contribution < 1.29 is 17.9 Å². The van der Waals surface area contributed by atoms with E-state index in [1.807, 2.05) is 6.07 Å². The minimum atomic E-state index is -3.06. The van der Waals surface area contributed by atoms with E-state index < -0.39 is 9.84 Å². The molecule has 1 amide bonds. The molecule has 5 nitrogen and oxygen atoms in total. The Morgan fingerprint density at radius 3 is 2.38 bits per heavy atom. The Hall–Kier alpha value is -1.82. The van der Waals surface area contributed by atoms with Crippen molar-refractivity contribution in [3.63, 3.8) is 0 Å². The number of amides is 1. The Morgan fingerprint density at radius 1 is 1.17 bits per heavy atom. The van der Waals surface area contributed by atoms with Gasteiger partial charge in [-0.05, 0) is 80.8 Å². The molecule has 0 atom stereocenters. The molecule has 0 saturated heterocycles. The van der Waals surface area contributed by atoms with Gasteiger partial charge in [0.15, 0.2) is 9.84 Å². The van der Waals surface area contributed by atoms with Gasteiger partial charge in [0.05, 0.1) is 5.75 Å². The third kappa shape index (κ3) is 4.85. The molecule has 4 fully saturated rings. The average Bonchev–Trinajstić information content (AvgIpc) is 2.59. The molecule has 0 heterocycles. The Balaban J connectivity index is 1.39. The molecular formula is C23H31NO4S. The van der Waals surface area contributed by atoms with Crippen molar-refractivity contribution >= 4 is 21.4 Å². The van der Waals surface area contributed by atoms with Gasteiger partial charge >= 0.3 is 0 Å². The largest absolute Gasteiger partial charge is 0.492 e. The molecule has 4 saturated carbocycles. The number of hydrogen-bond acceptors (Lipinski definition) is 4. The second-order valence-electron chi connectivity index (χ2n) is 9.52. The number of hydrogen-bond donors (Lipinski definition) is 1. The molecular weight excluding hydrogens is 386 g/mol. The molecule has 1 aromatic rings. The summed E-state index contributed by atoms with van der Waals surface area (Å²) in [4.78, 5) is 12.7. The highest BCUT2D eigenvalue weighted by Gasteiger charge is 2.51. The number of ether oxygens (including phenoxy) is 1. The minimum Gasteiger partial charge on any atom is -0.492 e. The van der Waals surface area contributed by atoms with Crippen LogP contribution >= 0.6 is 0 Å². The van der Waals surface area contributed by atoms with Gasteiger partial charge in [-0.25, -0.2) is 8.42 Å². The topological polar surface area (TPSA) is 72.5 Å². The van der Waals surface area contributed by atoms with E-state index in [-0.39, 0.29) is 23.7 Å². The van der Waals surface area contributed by atoms with Crippen LogP contribution in [0.2, 0.25) is 0 Å². The third-order valence-electron chi connectivity index (χ3n) is 7.05. The summed E-state index contributed by atoms with van der Waals surface area (Å²) in [6, 6.07) is 7.10. The van der Waals surface area contributed by atoms with E-state index in [0.717, 1.165) is 17.8 Å². The van der Waals surface area contributed by atoms with Crippen molar-refractivity contribution in [2.24, 2.45) is 23.2 Å². The van der Waals surface area contributed by atoms with Gasteiger partial charge in [-0.3, -0.25) is 4.79 Å². The highest BCUT2D eigenvalue weighted by atomic mass is 32.2. The number of carbonyl (C=O) groups excluding carboxylic acids is 1. The van der Waals surface area contributed by atoms with Gasteiger partial charge in [-0.1, -0.05) is 11.6 Å². The van der Waals surface area contributed by atoms with Gasteiger partial charge in [0.2, 0.25) is 5.91 Å². The van der Waals surface area contributed by atoms with Crippen LogP contribution < -0.4 is 10.1 Å². The molecule has 5 rings (SSSR count). The van der Waals surface area contributed by atoms with Crippen LogP contribution in [0.25, 0.3) is 0 Å². The maximum absolute atomic E-state index is 12.7. The van der Waals surface area contributed by atoms with Crippen LogP contribution in [0.4, 0.5) is 5.69 Å². The van der Waals surface area contributed by atoms with Gasteiger partial charge in [0, 0.05) is 24.1 Å². The van der Waals surface area contributed by atoms with Crippen LogP contribution in [0.1, 0.15) is 45.4 Å². The predicted octanol–water partition coefficient (Wildman–Crippen LogP) is 4.21. The van der Waals surface area contributed by atoms with Gasteiger partial charge in [-0.2, -0.15) is 0 Å². The van der Waals surface area contributed by atoms with E-state index in [9.17, 15) is 13.2 Å². The second-order valence-corrected chi connectivity index (χ2v) is 11.8.